The molecule has 3 rings (SSSR count). The monoisotopic (exact) mass is 456 g/mol. The van der Waals surface area contributed by atoms with Crippen LogP contribution in [0.15, 0.2) is 48.5 Å². The van der Waals surface area contributed by atoms with Gasteiger partial charge in [-0.3, -0.25) is 9.59 Å². The SMILES string of the molecule is Cc1ccccc1C(=O)NC(CC(C)C)C(=O)NCC1(c2ccc(Cl)cc2)CCOCC1. The van der Waals surface area contributed by atoms with Crippen molar-refractivity contribution in [2.24, 2.45) is 5.92 Å². The van der Waals surface area contributed by atoms with Crippen molar-refractivity contribution < 1.29 is 14.3 Å². The second-order valence-corrected chi connectivity index (χ2v) is 9.52. The van der Waals surface area contributed by atoms with Gasteiger partial charge in [0.25, 0.3) is 5.91 Å². The summed E-state index contributed by atoms with van der Waals surface area (Å²) in [6.07, 6.45) is 2.21. The number of nitrogens with one attached hydrogen (secondary N) is 2. The zero-order valence-electron chi connectivity index (χ0n) is 19.1. The molecule has 1 saturated heterocycles. The Hall–Kier alpha value is -2.37. The Morgan fingerprint density at radius 3 is 2.34 bits per heavy atom. The number of amides is 2. The molecule has 1 unspecified atom stereocenters. The van der Waals surface area contributed by atoms with Crippen molar-refractivity contribution >= 4 is 23.4 Å². The van der Waals surface area contributed by atoms with E-state index in [-0.39, 0.29) is 23.1 Å². The first-order valence-electron chi connectivity index (χ1n) is 11.3. The van der Waals surface area contributed by atoms with E-state index < -0.39 is 6.04 Å². The second kappa shape index (κ2) is 11.0. The summed E-state index contributed by atoms with van der Waals surface area (Å²) in [5.41, 5.74) is 2.42. The van der Waals surface area contributed by atoms with Gasteiger partial charge in [0.05, 0.1) is 0 Å². The van der Waals surface area contributed by atoms with Crippen LogP contribution >= 0.6 is 11.6 Å². The zero-order valence-corrected chi connectivity index (χ0v) is 19.9. The van der Waals surface area contributed by atoms with E-state index in [2.05, 4.69) is 10.6 Å². The lowest BCUT2D eigenvalue weighted by Crippen LogP contribution is -2.51. The summed E-state index contributed by atoms with van der Waals surface area (Å²) in [7, 11) is 0. The molecule has 0 spiro atoms. The number of rotatable bonds is 8. The molecular formula is C26H33ClN2O3. The minimum Gasteiger partial charge on any atom is -0.381 e. The van der Waals surface area contributed by atoms with Gasteiger partial charge in [-0.15, -0.1) is 0 Å². The Morgan fingerprint density at radius 2 is 1.72 bits per heavy atom. The fourth-order valence-corrected chi connectivity index (χ4v) is 4.41. The van der Waals surface area contributed by atoms with Gasteiger partial charge in [0.15, 0.2) is 0 Å². The summed E-state index contributed by atoms with van der Waals surface area (Å²) < 4.78 is 5.59. The minimum absolute atomic E-state index is 0.152. The van der Waals surface area contributed by atoms with Gasteiger partial charge in [-0.1, -0.05) is 55.8 Å². The molecule has 0 aliphatic carbocycles. The summed E-state index contributed by atoms with van der Waals surface area (Å²) in [5, 5.41) is 6.79. The van der Waals surface area contributed by atoms with Gasteiger partial charge in [-0.2, -0.15) is 0 Å². The number of hydrogen-bond acceptors (Lipinski definition) is 3. The van der Waals surface area contributed by atoms with E-state index in [0.29, 0.717) is 36.8 Å². The number of hydrogen-bond donors (Lipinski definition) is 2. The van der Waals surface area contributed by atoms with Crippen molar-refractivity contribution in [3.05, 3.63) is 70.2 Å². The Bertz CT molecular complexity index is 921. The Balaban J connectivity index is 1.73. The number of aryl methyl sites for hydroxylation is 1. The van der Waals surface area contributed by atoms with Crippen LogP contribution in [-0.2, 0) is 14.9 Å². The maximum absolute atomic E-state index is 13.2. The van der Waals surface area contributed by atoms with Crippen LogP contribution < -0.4 is 10.6 Å². The molecule has 5 nitrogen and oxygen atoms in total. The molecular weight excluding hydrogens is 424 g/mol. The van der Waals surface area contributed by atoms with Crippen LogP contribution in [0.3, 0.4) is 0 Å². The third kappa shape index (κ3) is 6.11. The Labute approximate surface area is 195 Å². The van der Waals surface area contributed by atoms with Gasteiger partial charge >= 0.3 is 0 Å². The number of halogens is 1. The lowest BCUT2D eigenvalue weighted by atomic mass is 9.74. The molecule has 1 heterocycles. The van der Waals surface area contributed by atoms with Gasteiger partial charge in [-0.25, -0.2) is 0 Å². The van der Waals surface area contributed by atoms with E-state index in [1.807, 2.05) is 63.2 Å². The zero-order chi connectivity index (χ0) is 23.1. The molecule has 32 heavy (non-hydrogen) atoms. The quantitative estimate of drug-likeness (QED) is 0.607. The number of ether oxygens (including phenoxy) is 1. The van der Waals surface area contributed by atoms with E-state index in [1.165, 1.54) is 0 Å². The summed E-state index contributed by atoms with van der Waals surface area (Å²) in [5.74, 6) is -0.112. The van der Waals surface area contributed by atoms with Crippen LogP contribution in [0, 0.1) is 12.8 Å². The first-order chi connectivity index (χ1) is 15.3. The molecule has 2 amide bonds. The fraction of sp³-hybridized carbons (Fsp3) is 0.462. The predicted octanol–water partition coefficient (Wildman–Crippen LogP) is 4.66. The van der Waals surface area contributed by atoms with Crippen LogP contribution in [-0.4, -0.2) is 37.6 Å². The van der Waals surface area contributed by atoms with Gasteiger partial charge in [0, 0.05) is 35.8 Å². The molecule has 1 aliphatic heterocycles. The van der Waals surface area contributed by atoms with E-state index in [0.717, 1.165) is 24.0 Å². The van der Waals surface area contributed by atoms with Crippen molar-refractivity contribution in [1.29, 1.82) is 0 Å². The van der Waals surface area contributed by atoms with E-state index >= 15 is 0 Å². The van der Waals surface area contributed by atoms with Crippen molar-refractivity contribution in [2.45, 2.75) is 51.5 Å². The maximum atomic E-state index is 13.2. The average molecular weight is 457 g/mol. The van der Waals surface area contributed by atoms with E-state index in [9.17, 15) is 9.59 Å². The molecule has 0 aromatic heterocycles. The molecule has 172 valence electrons. The second-order valence-electron chi connectivity index (χ2n) is 9.09. The van der Waals surface area contributed by atoms with Crippen molar-refractivity contribution in [3.8, 4) is 0 Å². The molecule has 1 fully saturated rings. The highest BCUT2D eigenvalue weighted by Crippen LogP contribution is 2.35. The molecule has 2 aromatic carbocycles. The van der Waals surface area contributed by atoms with Crippen LogP contribution in [0.4, 0.5) is 0 Å². The first kappa shape index (κ1) is 24.3. The summed E-state index contributed by atoms with van der Waals surface area (Å²) in [6.45, 7) is 7.79. The van der Waals surface area contributed by atoms with Gasteiger partial charge in [0.2, 0.25) is 5.91 Å². The Morgan fingerprint density at radius 1 is 1.06 bits per heavy atom. The van der Waals surface area contributed by atoms with Crippen LogP contribution in [0.5, 0.6) is 0 Å². The molecule has 2 aromatic rings. The topological polar surface area (TPSA) is 67.4 Å². The van der Waals surface area contributed by atoms with Crippen molar-refractivity contribution in [3.63, 3.8) is 0 Å². The molecule has 1 atom stereocenters. The fourth-order valence-electron chi connectivity index (χ4n) is 4.28. The molecule has 0 bridgehead atoms. The largest absolute Gasteiger partial charge is 0.381 e. The Kier molecular flexibility index (Phi) is 8.32. The number of carbonyl (C=O) groups is 2. The highest BCUT2D eigenvalue weighted by molar-refractivity contribution is 6.30. The lowest BCUT2D eigenvalue weighted by molar-refractivity contribution is -0.123. The highest BCUT2D eigenvalue weighted by Gasteiger charge is 2.35. The van der Waals surface area contributed by atoms with Gasteiger partial charge < -0.3 is 15.4 Å². The standard InChI is InChI=1S/C26H33ClN2O3/c1-18(2)16-23(29-24(30)22-7-5-4-6-19(22)3)25(31)28-17-26(12-14-32-15-13-26)20-8-10-21(27)11-9-20/h4-11,18,23H,12-17H2,1-3H3,(H,28,31)(H,29,30). The summed E-state index contributed by atoms with van der Waals surface area (Å²) >= 11 is 6.09. The summed E-state index contributed by atoms with van der Waals surface area (Å²) in [4.78, 5) is 26.1. The molecule has 0 radical (unpaired) electrons. The molecule has 0 saturated carbocycles. The molecule has 1 aliphatic rings. The molecule has 2 N–H and O–H groups in total. The average Bonchev–Trinajstić information content (AvgIpc) is 2.78. The summed E-state index contributed by atoms with van der Waals surface area (Å²) in [6, 6.07) is 14.7. The third-order valence-electron chi connectivity index (χ3n) is 6.23. The highest BCUT2D eigenvalue weighted by atomic mass is 35.5. The molecule has 6 heteroatoms. The lowest BCUT2D eigenvalue weighted by Gasteiger charge is -2.38. The smallest absolute Gasteiger partial charge is 0.252 e. The minimum atomic E-state index is -0.593. The van der Waals surface area contributed by atoms with Crippen LogP contribution in [0.25, 0.3) is 0 Å². The van der Waals surface area contributed by atoms with E-state index in [1.54, 1.807) is 6.07 Å². The normalized spacial score (nSPS) is 16.4. The van der Waals surface area contributed by atoms with Crippen LogP contribution in [0.1, 0.15) is 54.6 Å². The van der Waals surface area contributed by atoms with Crippen molar-refractivity contribution in [1.82, 2.24) is 10.6 Å². The van der Waals surface area contributed by atoms with Gasteiger partial charge in [-0.05, 0) is 61.4 Å². The number of carbonyl (C=O) groups excluding carboxylic acids is 2. The first-order valence-corrected chi connectivity index (χ1v) is 11.7. The predicted molar refractivity (Wildman–Crippen MR) is 128 cm³/mol. The maximum Gasteiger partial charge on any atom is 0.252 e. The van der Waals surface area contributed by atoms with E-state index in [4.69, 9.17) is 16.3 Å². The van der Waals surface area contributed by atoms with Gasteiger partial charge in [0.1, 0.15) is 6.04 Å². The number of benzene rings is 2. The van der Waals surface area contributed by atoms with Crippen LogP contribution in [0.2, 0.25) is 5.02 Å². The van der Waals surface area contributed by atoms with Crippen molar-refractivity contribution in [2.75, 3.05) is 19.8 Å². The third-order valence-corrected chi connectivity index (χ3v) is 6.48.